The maximum Gasteiger partial charge on any atom is 0.166 e. The van der Waals surface area contributed by atoms with E-state index >= 15 is 0 Å². The summed E-state index contributed by atoms with van der Waals surface area (Å²) in [6.45, 7) is 4.00. The van der Waals surface area contributed by atoms with Crippen LogP contribution >= 0.6 is 0 Å². The van der Waals surface area contributed by atoms with Gasteiger partial charge in [-0.05, 0) is 12.5 Å². The van der Waals surface area contributed by atoms with Gasteiger partial charge in [0.1, 0.15) is 0 Å². The first-order valence-electron chi connectivity index (χ1n) is 4.24. The molecule has 0 spiro atoms. The smallest absolute Gasteiger partial charge is 0.166 e. The first kappa shape index (κ1) is 8.78. The quantitative estimate of drug-likeness (QED) is 0.574. The molecule has 0 saturated heterocycles. The largest absolute Gasteiger partial charge is 0.356 e. The van der Waals surface area contributed by atoms with Gasteiger partial charge in [0.15, 0.2) is 5.42 Å². The molecule has 0 N–H and O–H groups in total. The van der Waals surface area contributed by atoms with E-state index in [4.69, 9.17) is 4.52 Å². The summed E-state index contributed by atoms with van der Waals surface area (Å²) in [5, 5.41) is 4.76. The number of fused-ring (bicyclic) bond motifs is 1. The molecule has 0 aliphatic heterocycles. The van der Waals surface area contributed by atoms with E-state index in [1.807, 2.05) is 26.0 Å². The lowest BCUT2D eigenvalue weighted by molar-refractivity contribution is 0.394. The van der Waals surface area contributed by atoms with E-state index in [-0.39, 0.29) is 0 Å². The lowest BCUT2D eigenvalue weighted by Crippen LogP contribution is -2.17. The second kappa shape index (κ2) is 4.54. The van der Waals surface area contributed by atoms with Crippen LogP contribution in [0.2, 0.25) is 0 Å². The Morgan fingerprint density at radius 1 is 1.42 bits per heavy atom. The van der Waals surface area contributed by atoms with Gasteiger partial charge in [0.05, 0.1) is 6.20 Å². The highest BCUT2D eigenvalue weighted by molar-refractivity contribution is 5.40. The van der Waals surface area contributed by atoms with Crippen molar-refractivity contribution >= 4 is 12.2 Å². The molecule has 1 aliphatic carbocycles. The number of hydrogen-bond donors (Lipinski definition) is 0. The highest BCUT2D eigenvalue weighted by atomic mass is 16.5. The molecular formula is C10H13NO. The number of allylic oxidation sites excluding steroid dienone is 2. The number of aromatic nitrogens is 1. The molecule has 1 aliphatic rings. The number of hydrogen-bond acceptors (Lipinski definition) is 2. The predicted octanol–water partition coefficient (Wildman–Crippen LogP) is 1.22. The van der Waals surface area contributed by atoms with Gasteiger partial charge in [-0.1, -0.05) is 37.2 Å². The third-order valence-corrected chi connectivity index (χ3v) is 1.48. The minimum absolute atomic E-state index is 0.855. The van der Waals surface area contributed by atoms with Gasteiger partial charge in [-0.25, -0.2) is 0 Å². The zero-order valence-electron chi connectivity index (χ0n) is 7.45. The van der Waals surface area contributed by atoms with Crippen molar-refractivity contribution in [1.82, 2.24) is 5.16 Å². The molecule has 12 heavy (non-hydrogen) atoms. The van der Waals surface area contributed by atoms with Crippen molar-refractivity contribution in [3.05, 3.63) is 29.0 Å². The molecule has 0 radical (unpaired) electrons. The van der Waals surface area contributed by atoms with Crippen LogP contribution in [0.1, 0.15) is 20.3 Å². The van der Waals surface area contributed by atoms with Gasteiger partial charge in [0.2, 0.25) is 0 Å². The Balaban J connectivity index is 0.000000336. The Morgan fingerprint density at radius 2 is 2.25 bits per heavy atom. The van der Waals surface area contributed by atoms with Gasteiger partial charge in [-0.15, -0.1) is 0 Å². The predicted molar refractivity (Wildman–Crippen MR) is 49.8 cm³/mol. The number of nitrogens with zero attached hydrogens (tertiary/aromatic N) is 1. The van der Waals surface area contributed by atoms with E-state index in [2.05, 4.69) is 17.3 Å². The molecule has 0 unspecified atom stereocenters. The van der Waals surface area contributed by atoms with Crippen molar-refractivity contribution in [3.63, 3.8) is 0 Å². The highest BCUT2D eigenvalue weighted by Gasteiger charge is 1.89. The molecule has 0 amide bonds. The minimum atomic E-state index is 0.855. The van der Waals surface area contributed by atoms with E-state index in [1.165, 1.54) is 0 Å². The molecule has 1 aromatic rings. The Kier molecular flexibility index (Phi) is 3.33. The average molecular weight is 163 g/mol. The van der Waals surface area contributed by atoms with E-state index in [9.17, 15) is 0 Å². The van der Waals surface area contributed by atoms with Gasteiger partial charge in [-0.2, -0.15) is 0 Å². The van der Waals surface area contributed by atoms with Crippen LogP contribution in [0.15, 0.2) is 22.9 Å². The van der Waals surface area contributed by atoms with Crippen LogP contribution in [0.5, 0.6) is 0 Å². The third kappa shape index (κ3) is 1.84. The van der Waals surface area contributed by atoms with Gasteiger partial charge < -0.3 is 4.52 Å². The van der Waals surface area contributed by atoms with Crippen molar-refractivity contribution in [2.75, 3.05) is 0 Å². The van der Waals surface area contributed by atoms with Gasteiger partial charge >= 0.3 is 0 Å². The monoisotopic (exact) mass is 163 g/mol. The molecule has 2 heteroatoms. The van der Waals surface area contributed by atoms with E-state index in [0.29, 0.717) is 0 Å². The van der Waals surface area contributed by atoms with Crippen LogP contribution in [-0.2, 0) is 0 Å². The second-order valence-electron chi connectivity index (χ2n) is 2.18. The molecule has 0 fully saturated rings. The molecule has 0 bridgehead atoms. The summed E-state index contributed by atoms with van der Waals surface area (Å²) in [7, 11) is 0. The summed E-state index contributed by atoms with van der Waals surface area (Å²) in [6, 6.07) is 0. The van der Waals surface area contributed by atoms with Crippen molar-refractivity contribution in [2.45, 2.75) is 20.3 Å². The Labute approximate surface area is 71.9 Å². The molecular weight excluding hydrogens is 150 g/mol. The van der Waals surface area contributed by atoms with E-state index in [1.54, 1.807) is 6.20 Å². The molecule has 1 heterocycles. The fraction of sp³-hybridized carbons (Fsp3) is 0.300. The average Bonchev–Trinajstić information content (AvgIpc) is 2.46. The highest BCUT2D eigenvalue weighted by Crippen LogP contribution is 1.87. The summed E-state index contributed by atoms with van der Waals surface area (Å²) in [5.41, 5.74) is 0.855. The standard InChI is InChI=1S/C8H7NO.C2H6/c1-2-4-7-6-9-10-8(7)5-3-1;1-2/h1,3-6H,2H2;1-2H3. The van der Waals surface area contributed by atoms with Crippen molar-refractivity contribution in [3.8, 4) is 0 Å². The summed E-state index contributed by atoms with van der Waals surface area (Å²) < 4.78 is 4.95. The van der Waals surface area contributed by atoms with Gasteiger partial charge in [0, 0.05) is 5.22 Å². The molecule has 2 rings (SSSR count). The zero-order valence-corrected chi connectivity index (χ0v) is 7.45. The summed E-state index contributed by atoms with van der Waals surface area (Å²) >= 11 is 0. The fourth-order valence-corrected chi connectivity index (χ4v) is 0.965. The van der Waals surface area contributed by atoms with Crippen molar-refractivity contribution < 1.29 is 4.52 Å². The molecule has 0 aromatic carbocycles. The lowest BCUT2D eigenvalue weighted by atomic mass is 10.3. The summed E-state index contributed by atoms with van der Waals surface area (Å²) in [5.74, 6) is 0. The number of rotatable bonds is 0. The topological polar surface area (TPSA) is 26.0 Å². The van der Waals surface area contributed by atoms with Crippen LogP contribution in [0, 0.1) is 0 Å². The second-order valence-corrected chi connectivity index (χ2v) is 2.18. The molecule has 0 atom stereocenters. The molecule has 1 aromatic heterocycles. The molecule has 2 nitrogen and oxygen atoms in total. The maximum absolute atomic E-state index is 4.95. The fourth-order valence-electron chi connectivity index (χ4n) is 0.965. The first-order valence-corrected chi connectivity index (χ1v) is 4.24. The van der Waals surface area contributed by atoms with Crippen molar-refractivity contribution in [2.24, 2.45) is 0 Å². The third-order valence-electron chi connectivity index (χ3n) is 1.48. The van der Waals surface area contributed by atoms with Crippen molar-refractivity contribution in [1.29, 1.82) is 0 Å². The zero-order chi connectivity index (χ0) is 8.81. The van der Waals surface area contributed by atoms with Gasteiger partial charge in [-0.3, -0.25) is 0 Å². The first-order chi connectivity index (χ1) is 5.97. The minimum Gasteiger partial charge on any atom is -0.356 e. The van der Waals surface area contributed by atoms with Crippen LogP contribution < -0.4 is 10.6 Å². The normalized spacial score (nSPS) is 12.8. The lowest BCUT2D eigenvalue weighted by Gasteiger charge is -1.71. The molecule has 0 saturated carbocycles. The van der Waals surface area contributed by atoms with Crippen LogP contribution in [0.25, 0.3) is 12.2 Å². The van der Waals surface area contributed by atoms with Crippen LogP contribution in [0.3, 0.4) is 0 Å². The Morgan fingerprint density at radius 3 is 3.08 bits per heavy atom. The SMILES string of the molecule is C1=CCC=c2cnoc2=C1.CC. The van der Waals surface area contributed by atoms with Crippen LogP contribution in [-0.4, -0.2) is 5.16 Å². The molecule has 64 valence electrons. The summed E-state index contributed by atoms with van der Waals surface area (Å²) in [6.07, 6.45) is 10.8. The maximum atomic E-state index is 4.95. The summed E-state index contributed by atoms with van der Waals surface area (Å²) in [4.78, 5) is 0. The van der Waals surface area contributed by atoms with Crippen LogP contribution in [0.4, 0.5) is 0 Å². The van der Waals surface area contributed by atoms with E-state index in [0.717, 1.165) is 17.1 Å². The van der Waals surface area contributed by atoms with E-state index < -0.39 is 0 Å². The Hall–Kier alpha value is -1.31. The van der Waals surface area contributed by atoms with Gasteiger partial charge in [0.25, 0.3) is 0 Å². The Bertz CT molecular complexity index is 359.